The number of nitrogens with zero attached hydrogens (tertiary/aromatic N) is 3. The summed E-state index contributed by atoms with van der Waals surface area (Å²) in [6, 6.07) is 2.80. The van der Waals surface area contributed by atoms with Crippen LogP contribution in [-0.2, 0) is 0 Å². The number of thiophene rings is 1. The number of rotatable bonds is 3. The summed E-state index contributed by atoms with van der Waals surface area (Å²) >= 11 is 1.75. The van der Waals surface area contributed by atoms with Gasteiger partial charge in [0.25, 0.3) is 0 Å². The summed E-state index contributed by atoms with van der Waals surface area (Å²) in [5, 5.41) is 4.45. The average Bonchev–Trinajstić information content (AvgIpc) is 2.93. The highest BCUT2D eigenvalue weighted by molar-refractivity contribution is 7.18. The predicted octanol–water partition coefficient (Wildman–Crippen LogP) is 3.42. The number of aromatic nitrogens is 2. The minimum absolute atomic E-state index is 0.577. The molecule has 3 rings (SSSR count). The van der Waals surface area contributed by atoms with Crippen molar-refractivity contribution in [2.45, 2.75) is 39.7 Å². The molecule has 0 bridgehead atoms. The summed E-state index contributed by atoms with van der Waals surface area (Å²) in [6.45, 7) is 8.45. The summed E-state index contributed by atoms with van der Waals surface area (Å²) < 4.78 is 0. The highest BCUT2D eigenvalue weighted by atomic mass is 32.1. The van der Waals surface area contributed by atoms with Crippen molar-refractivity contribution in [1.82, 2.24) is 9.97 Å². The van der Waals surface area contributed by atoms with E-state index in [1.165, 1.54) is 23.1 Å². The van der Waals surface area contributed by atoms with Gasteiger partial charge < -0.3 is 10.2 Å². The second kappa shape index (κ2) is 4.96. The van der Waals surface area contributed by atoms with Gasteiger partial charge in [0.05, 0.1) is 5.39 Å². The van der Waals surface area contributed by atoms with E-state index in [0.717, 1.165) is 29.7 Å². The first-order valence-electron chi connectivity index (χ1n) is 6.97. The van der Waals surface area contributed by atoms with Crippen molar-refractivity contribution in [2.24, 2.45) is 0 Å². The molecule has 0 spiro atoms. The van der Waals surface area contributed by atoms with Gasteiger partial charge in [-0.1, -0.05) is 0 Å². The SMILES string of the molecule is CCNc1nc(N2CCCC2C)c2cc(C)sc2n1. The van der Waals surface area contributed by atoms with Crippen LogP contribution in [0.2, 0.25) is 0 Å². The molecule has 1 aliphatic rings. The van der Waals surface area contributed by atoms with E-state index in [1.807, 2.05) is 0 Å². The number of hydrogen-bond donors (Lipinski definition) is 1. The van der Waals surface area contributed by atoms with Crippen molar-refractivity contribution in [3.8, 4) is 0 Å². The van der Waals surface area contributed by atoms with E-state index < -0.39 is 0 Å². The maximum absolute atomic E-state index is 4.75. The molecule has 0 aromatic carbocycles. The lowest BCUT2D eigenvalue weighted by atomic mass is 10.2. The summed E-state index contributed by atoms with van der Waals surface area (Å²) in [5.41, 5.74) is 0. The van der Waals surface area contributed by atoms with Gasteiger partial charge in [-0.15, -0.1) is 11.3 Å². The van der Waals surface area contributed by atoms with Crippen LogP contribution in [0, 0.1) is 6.92 Å². The fraction of sp³-hybridized carbons (Fsp3) is 0.571. The van der Waals surface area contributed by atoms with Crippen LogP contribution < -0.4 is 10.2 Å². The molecular formula is C14H20N4S. The highest BCUT2D eigenvalue weighted by Crippen LogP contribution is 2.34. The van der Waals surface area contributed by atoms with Gasteiger partial charge in [-0.05, 0) is 39.7 Å². The fourth-order valence-electron chi connectivity index (χ4n) is 2.73. The molecule has 1 N–H and O–H groups in total. The Labute approximate surface area is 117 Å². The standard InChI is InChI=1S/C14H20N4S/c1-4-15-14-16-12(18-7-5-6-9(18)2)11-8-10(3)19-13(11)17-14/h8-9H,4-7H2,1-3H3,(H,15,16,17). The Balaban J connectivity index is 2.13. The van der Waals surface area contributed by atoms with Gasteiger partial charge in [0.2, 0.25) is 5.95 Å². The Morgan fingerprint density at radius 2 is 2.32 bits per heavy atom. The maximum Gasteiger partial charge on any atom is 0.226 e. The van der Waals surface area contributed by atoms with E-state index in [4.69, 9.17) is 4.98 Å². The smallest absolute Gasteiger partial charge is 0.226 e. The van der Waals surface area contributed by atoms with Crippen LogP contribution in [0.4, 0.5) is 11.8 Å². The van der Waals surface area contributed by atoms with Gasteiger partial charge in [0.1, 0.15) is 10.6 Å². The molecular weight excluding hydrogens is 256 g/mol. The van der Waals surface area contributed by atoms with E-state index in [1.54, 1.807) is 11.3 Å². The Morgan fingerprint density at radius 1 is 1.47 bits per heavy atom. The van der Waals surface area contributed by atoms with E-state index in [2.05, 4.69) is 42.0 Å². The summed E-state index contributed by atoms with van der Waals surface area (Å²) in [4.78, 5) is 14.2. The van der Waals surface area contributed by atoms with E-state index >= 15 is 0 Å². The molecule has 1 unspecified atom stereocenters. The average molecular weight is 276 g/mol. The molecule has 102 valence electrons. The van der Waals surface area contributed by atoms with Crippen molar-refractivity contribution in [3.63, 3.8) is 0 Å². The van der Waals surface area contributed by atoms with Crippen LogP contribution in [0.1, 0.15) is 31.6 Å². The predicted molar refractivity (Wildman–Crippen MR) is 82.4 cm³/mol. The van der Waals surface area contributed by atoms with Gasteiger partial charge in [0, 0.05) is 24.0 Å². The quantitative estimate of drug-likeness (QED) is 0.932. The van der Waals surface area contributed by atoms with Crippen LogP contribution in [0.15, 0.2) is 6.07 Å². The highest BCUT2D eigenvalue weighted by Gasteiger charge is 2.24. The number of nitrogens with one attached hydrogen (secondary N) is 1. The molecule has 0 saturated carbocycles. The number of hydrogen-bond acceptors (Lipinski definition) is 5. The number of anilines is 2. The number of fused-ring (bicyclic) bond motifs is 1. The first-order chi connectivity index (χ1) is 9.19. The zero-order chi connectivity index (χ0) is 13.4. The zero-order valence-corrected chi connectivity index (χ0v) is 12.5. The van der Waals surface area contributed by atoms with Gasteiger partial charge in [0.15, 0.2) is 0 Å². The first-order valence-corrected chi connectivity index (χ1v) is 7.79. The molecule has 2 aromatic rings. The third-order valence-electron chi connectivity index (χ3n) is 3.66. The van der Waals surface area contributed by atoms with Gasteiger partial charge >= 0.3 is 0 Å². The second-order valence-electron chi connectivity index (χ2n) is 5.16. The van der Waals surface area contributed by atoms with E-state index in [9.17, 15) is 0 Å². The van der Waals surface area contributed by atoms with Crippen molar-refractivity contribution in [3.05, 3.63) is 10.9 Å². The molecule has 1 fully saturated rings. The molecule has 0 aliphatic carbocycles. The molecule has 1 aliphatic heterocycles. The van der Waals surface area contributed by atoms with Crippen molar-refractivity contribution in [2.75, 3.05) is 23.3 Å². The monoisotopic (exact) mass is 276 g/mol. The van der Waals surface area contributed by atoms with Crippen LogP contribution >= 0.6 is 11.3 Å². The normalized spacial score (nSPS) is 19.3. The van der Waals surface area contributed by atoms with Gasteiger partial charge in [-0.3, -0.25) is 0 Å². The van der Waals surface area contributed by atoms with Gasteiger partial charge in [-0.25, -0.2) is 4.98 Å². The molecule has 1 saturated heterocycles. The summed E-state index contributed by atoms with van der Waals surface area (Å²) in [7, 11) is 0. The Bertz CT molecular complexity index is 592. The fourth-order valence-corrected chi connectivity index (χ4v) is 3.60. The van der Waals surface area contributed by atoms with E-state index in [0.29, 0.717) is 6.04 Å². The van der Waals surface area contributed by atoms with Crippen LogP contribution in [0.25, 0.3) is 10.2 Å². The minimum atomic E-state index is 0.577. The molecule has 3 heterocycles. The topological polar surface area (TPSA) is 41.1 Å². The Kier molecular flexibility index (Phi) is 3.31. The lowest BCUT2D eigenvalue weighted by Gasteiger charge is -2.23. The zero-order valence-electron chi connectivity index (χ0n) is 11.7. The molecule has 1 atom stereocenters. The summed E-state index contributed by atoms with van der Waals surface area (Å²) in [6.07, 6.45) is 2.51. The lowest BCUT2D eigenvalue weighted by Crippen LogP contribution is -2.27. The second-order valence-corrected chi connectivity index (χ2v) is 6.40. The van der Waals surface area contributed by atoms with Crippen molar-refractivity contribution >= 4 is 33.3 Å². The molecule has 19 heavy (non-hydrogen) atoms. The van der Waals surface area contributed by atoms with Crippen LogP contribution in [-0.4, -0.2) is 29.1 Å². The molecule has 2 aromatic heterocycles. The van der Waals surface area contributed by atoms with Crippen LogP contribution in [0.3, 0.4) is 0 Å². The minimum Gasteiger partial charge on any atom is -0.354 e. The summed E-state index contributed by atoms with van der Waals surface area (Å²) in [5.74, 6) is 1.86. The first kappa shape index (κ1) is 12.7. The molecule has 0 radical (unpaired) electrons. The van der Waals surface area contributed by atoms with E-state index in [-0.39, 0.29) is 0 Å². The Morgan fingerprint density at radius 3 is 3.00 bits per heavy atom. The Hall–Kier alpha value is -1.36. The molecule has 0 amide bonds. The molecule has 4 nitrogen and oxygen atoms in total. The third kappa shape index (κ3) is 2.27. The number of aryl methyl sites for hydroxylation is 1. The van der Waals surface area contributed by atoms with Crippen LogP contribution in [0.5, 0.6) is 0 Å². The molecule has 5 heteroatoms. The maximum atomic E-state index is 4.75. The van der Waals surface area contributed by atoms with Crippen molar-refractivity contribution < 1.29 is 0 Å². The third-order valence-corrected chi connectivity index (χ3v) is 4.60. The van der Waals surface area contributed by atoms with Crippen molar-refractivity contribution in [1.29, 1.82) is 0 Å². The lowest BCUT2D eigenvalue weighted by molar-refractivity contribution is 0.729. The van der Waals surface area contributed by atoms with Gasteiger partial charge in [-0.2, -0.15) is 4.98 Å². The largest absolute Gasteiger partial charge is 0.354 e.